The molecule has 1 amide bonds. The maximum absolute atomic E-state index is 12.2. The number of amides is 1. The van der Waals surface area contributed by atoms with Gasteiger partial charge in [0.15, 0.2) is 6.61 Å². The van der Waals surface area contributed by atoms with Crippen LogP contribution in [-0.2, 0) is 9.53 Å². The molecule has 0 aliphatic heterocycles. The summed E-state index contributed by atoms with van der Waals surface area (Å²) in [6.45, 7) is 4.10. The molecule has 1 atom stereocenters. The Labute approximate surface area is 154 Å². The van der Waals surface area contributed by atoms with Gasteiger partial charge in [0, 0.05) is 0 Å². The van der Waals surface area contributed by atoms with Crippen molar-refractivity contribution in [3.63, 3.8) is 0 Å². The highest BCUT2D eigenvalue weighted by Gasteiger charge is 2.14. The predicted octanol–water partition coefficient (Wildman–Crippen LogP) is 3.90. The SMILES string of the molecule is CCC[C@H](NC(=O)COc1ccc(C(=O)OCC)cc1)c1ccccc1. The summed E-state index contributed by atoms with van der Waals surface area (Å²) in [7, 11) is 0. The van der Waals surface area contributed by atoms with Gasteiger partial charge in [0.1, 0.15) is 5.75 Å². The van der Waals surface area contributed by atoms with E-state index in [1.54, 1.807) is 31.2 Å². The number of benzene rings is 2. The van der Waals surface area contributed by atoms with Crippen LogP contribution in [0.2, 0.25) is 0 Å². The molecule has 0 aliphatic carbocycles. The fourth-order valence-corrected chi connectivity index (χ4v) is 2.58. The molecule has 2 aromatic carbocycles. The Morgan fingerprint density at radius 1 is 1.00 bits per heavy atom. The highest BCUT2D eigenvalue weighted by molar-refractivity contribution is 5.89. The summed E-state index contributed by atoms with van der Waals surface area (Å²) in [5, 5.41) is 3.01. The first-order valence-electron chi connectivity index (χ1n) is 8.88. The van der Waals surface area contributed by atoms with Gasteiger partial charge in [0.2, 0.25) is 0 Å². The van der Waals surface area contributed by atoms with E-state index in [1.165, 1.54) is 0 Å². The normalized spacial score (nSPS) is 11.5. The van der Waals surface area contributed by atoms with E-state index in [4.69, 9.17) is 9.47 Å². The molecule has 0 saturated heterocycles. The van der Waals surface area contributed by atoms with E-state index in [0.717, 1.165) is 18.4 Å². The lowest BCUT2D eigenvalue weighted by Gasteiger charge is -2.18. The second kappa shape index (κ2) is 10.2. The number of carbonyl (C=O) groups is 2. The van der Waals surface area contributed by atoms with E-state index in [-0.39, 0.29) is 24.5 Å². The van der Waals surface area contributed by atoms with Gasteiger partial charge in [-0.3, -0.25) is 4.79 Å². The van der Waals surface area contributed by atoms with Crippen LogP contribution >= 0.6 is 0 Å². The third-order valence-corrected chi connectivity index (χ3v) is 3.85. The molecule has 0 unspecified atom stereocenters. The maximum Gasteiger partial charge on any atom is 0.338 e. The van der Waals surface area contributed by atoms with Crippen molar-refractivity contribution >= 4 is 11.9 Å². The van der Waals surface area contributed by atoms with Crippen molar-refractivity contribution in [2.75, 3.05) is 13.2 Å². The summed E-state index contributed by atoms with van der Waals surface area (Å²) in [4.78, 5) is 23.8. The zero-order valence-corrected chi connectivity index (χ0v) is 15.2. The minimum Gasteiger partial charge on any atom is -0.484 e. The Bertz CT molecular complexity index is 698. The molecule has 138 valence electrons. The van der Waals surface area contributed by atoms with Gasteiger partial charge in [-0.05, 0) is 43.2 Å². The van der Waals surface area contributed by atoms with Crippen LogP contribution in [0.4, 0.5) is 0 Å². The van der Waals surface area contributed by atoms with Crippen molar-refractivity contribution in [1.29, 1.82) is 0 Å². The van der Waals surface area contributed by atoms with Gasteiger partial charge in [0.25, 0.3) is 5.91 Å². The molecule has 0 radical (unpaired) electrons. The Morgan fingerprint density at radius 3 is 2.31 bits per heavy atom. The standard InChI is InChI=1S/C21H25NO4/c1-3-8-19(16-9-6-5-7-10-16)22-20(23)15-26-18-13-11-17(12-14-18)21(24)25-4-2/h5-7,9-14,19H,3-4,8,15H2,1-2H3,(H,22,23)/t19-/m0/s1. The average Bonchev–Trinajstić information content (AvgIpc) is 2.67. The lowest BCUT2D eigenvalue weighted by atomic mass is 10.0. The van der Waals surface area contributed by atoms with Crippen LogP contribution in [0.25, 0.3) is 0 Å². The van der Waals surface area contributed by atoms with Gasteiger partial charge in [-0.2, -0.15) is 0 Å². The van der Waals surface area contributed by atoms with E-state index in [9.17, 15) is 9.59 Å². The molecule has 0 aromatic heterocycles. The molecule has 0 heterocycles. The summed E-state index contributed by atoms with van der Waals surface area (Å²) < 4.78 is 10.4. The van der Waals surface area contributed by atoms with Crippen molar-refractivity contribution < 1.29 is 19.1 Å². The quantitative estimate of drug-likeness (QED) is 0.693. The van der Waals surface area contributed by atoms with Crippen LogP contribution in [0, 0.1) is 0 Å². The zero-order valence-electron chi connectivity index (χ0n) is 15.2. The Balaban J connectivity index is 1.88. The highest BCUT2D eigenvalue weighted by Crippen LogP contribution is 2.18. The number of carbonyl (C=O) groups excluding carboxylic acids is 2. The number of nitrogens with one attached hydrogen (secondary N) is 1. The topological polar surface area (TPSA) is 64.6 Å². The van der Waals surface area contributed by atoms with Gasteiger partial charge >= 0.3 is 5.97 Å². The van der Waals surface area contributed by atoms with Crippen LogP contribution in [0.1, 0.15) is 48.7 Å². The van der Waals surface area contributed by atoms with Crippen LogP contribution in [0.5, 0.6) is 5.75 Å². The third-order valence-electron chi connectivity index (χ3n) is 3.85. The Morgan fingerprint density at radius 2 is 1.69 bits per heavy atom. The largest absolute Gasteiger partial charge is 0.484 e. The zero-order chi connectivity index (χ0) is 18.8. The predicted molar refractivity (Wildman–Crippen MR) is 100 cm³/mol. The molecule has 2 rings (SSSR count). The minimum absolute atomic E-state index is 0.0245. The summed E-state index contributed by atoms with van der Waals surface area (Å²) in [5.41, 5.74) is 1.54. The molecule has 0 saturated carbocycles. The van der Waals surface area contributed by atoms with Crippen molar-refractivity contribution in [3.05, 3.63) is 65.7 Å². The summed E-state index contributed by atoms with van der Waals surface area (Å²) in [6, 6.07) is 16.4. The molecule has 0 fully saturated rings. The molecule has 2 aromatic rings. The molecule has 0 aliphatic rings. The highest BCUT2D eigenvalue weighted by atomic mass is 16.5. The Kier molecular flexibility index (Phi) is 7.68. The smallest absolute Gasteiger partial charge is 0.338 e. The van der Waals surface area contributed by atoms with E-state index in [0.29, 0.717) is 17.9 Å². The van der Waals surface area contributed by atoms with E-state index < -0.39 is 0 Å². The summed E-state index contributed by atoms with van der Waals surface area (Å²) in [5.74, 6) is -0.0243. The molecule has 1 N–H and O–H groups in total. The van der Waals surface area contributed by atoms with Crippen molar-refractivity contribution in [2.45, 2.75) is 32.7 Å². The first-order valence-corrected chi connectivity index (χ1v) is 8.88. The number of hydrogen-bond acceptors (Lipinski definition) is 4. The Hall–Kier alpha value is -2.82. The van der Waals surface area contributed by atoms with Gasteiger partial charge in [-0.15, -0.1) is 0 Å². The van der Waals surface area contributed by atoms with Gasteiger partial charge in [-0.1, -0.05) is 43.7 Å². The lowest BCUT2D eigenvalue weighted by molar-refractivity contribution is -0.123. The molecule has 5 nitrogen and oxygen atoms in total. The second-order valence-corrected chi connectivity index (χ2v) is 5.85. The first kappa shape index (κ1) is 19.5. The van der Waals surface area contributed by atoms with E-state index >= 15 is 0 Å². The molecule has 5 heteroatoms. The molecule has 0 spiro atoms. The number of esters is 1. The van der Waals surface area contributed by atoms with Crippen molar-refractivity contribution in [1.82, 2.24) is 5.32 Å². The third kappa shape index (κ3) is 5.92. The number of ether oxygens (including phenoxy) is 2. The molecule has 26 heavy (non-hydrogen) atoms. The number of rotatable bonds is 9. The monoisotopic (exact) mass is 355 g/mol. The molecule has 0 bridgehead atoms. The molecular weight excluding hydrogens is 330 g/mol. The van der Waals surface area contributed by atoms with Crippen LogP contribution in [0.15, 0.2) is 54.6 Å². The van der Waals surface area contributed by atoms with Gasteiger partial charge in [0.05, 0.1) is 18.2 Å². The number of hydrogen-bond donors (Lipinski definition) is 1. The van der Waals surface area contributed by atoms with Crippen LogP contribution in [0.3, 0.4) is 0 Å². The van der Waals surface area contributed by atoms with Crippen molar-refractivity contribution in [3.8, 4) is 5.75 Å². The summed E-state index contributed by atoms with van der Waals surface area (Å²) in [6.07, 6.45) is 1.83. The minimum atomic E-state index is -0.373. The lowest BCUT2D eigenvalue weighted by Crippen LogP contribution is -2.32. The van der Waals surface area contributed by atoms with Gasteiger partial charge < -0.3 is 14.8 Å². The summed E-state index contributed by atoms with van der Waals surface area (Å²) >= 11 is 0. The molecular formula is C21H25NO4. The first-order chi connectivity index (χ1) is 12.6. The fraction of sp³-hybridized carbons (Fsp3) is 0.333. The van der Waals surface area contributed by atoms with Gasteiger partial charge in [-0.25, -0.2) is 4.79 Å². The second-order valence-electron chi connectivity index (χ2n) is 5.85. The van der Waals surface area contributed by atoms with Crippen molar-refractivity contribution in [2.24, 2.45) is 0 Å². The van der Waals surface area contributed by atoms with Crippen LogP contribution in [-0.4, -0.2) is 25.1 Å². The fourth-order valence-electron chi connectivity index (χ4n) is 2.58. The van der Waals surface area contributed by atoms with Crippen LogP contribution < -0.4 is 10.1 Å². The van der Waals surface area contributed by atoms with E-state index in [1.807, 2.05) is 30.3 Å². The maximum atomic E-state index is 12.2. The van der Waals surface area contributed by atoms with E-state index in [2.05, 4.69) is 12.2 Å². The average molecular weight is 355 g/mol.